The predicted octanol–water partition coefficient (Wildman–Crippen LogP) is 8.39. The normalized spacial score (nSPS) is 37.3. The lowest BCUT2D eigenvalue weighted by molar-refractivity contribution is -0.0125. The fourth-order valence-electron chi connectivity index (χ4n) is 6.43. The van der Waals surface area contributed by atoms with Crippen LogP contribution in [0.2, 0.25) is 0 Å². The van der Waals surface area contributed by atoms with Crippen molar-refractivity contribution in [3.63, 3.8) is 0 Å². The third-order valence-electron chi connectivity index (χ3n) is 8.37. The third-order valence-corrected chi connectivity index (χ3v) is 11.4. The second-order valence-electron chi connectivity index (χ2n) is 12.9. The molecule has 1 aliphatic heterocycles. The summed E-state index contributed by atoms with van der Waals surface area (Å²) in [5.41, 5.74) is -0.000727. The molecule has 2 saturated carbocycles. The number of allylic oxidation sites excluding steroid dienone is 4. The van der Waals surface area contributed by atoms with Crippen LogP contribution in [-0.2, 0) is 9.47 Å². The van der Waals surface area contributed by atoms with Crippen molar-refractivity contribution < 1.29 is 9.47 Å². The fourth-order valence-corrected chi connectivity index (χ4v) is 9.26. The molecule has 2 fully saturated rings. The Morgan fingerprint density at radius 3 is 1.09 bits per heavy atom. The monoisotopic (exact) mass is 476 g/mol. The van der Waals surface area contributed by atoms with Gasteiger partial charge in [0.2, 0.25) is 0 Å². The molecule has 0 N–H and O–H groups in total. The van der Waals surface area contributed by atoms with E-state index in [1.165, 1.54) is 51.4 Å². The average molecular weight is 477 g/mol. The van der Waals surface area contributed by atoms with Crippen LogP contribution < -0.4 is 0 Å². The first-order valence-electron chi connectivity index (χ1n) is 13.2. The van der Waals surface area contributed by atoms with Gasteiger partial charge in [-0.1, -0.05) is 23.5 Å². The summed E-state index contributed by atoms with van der Waals surface area (Å²) in [6, 6.07) is 0. The molecule has 0 aromatic carbocycles. The van der Waals surface area contributed by atoms with Gasteiger partial charge in [-0.25, -0.2) is 0 Å². The summed E-state index contributed by atoms with van der Waals surface area (Å²) in [4.78, 5) is 6.93. The molecule has 2 unspecified atom stereocenters. The van der Waals surface area contributed by atoms with Gasteiger partial charge in [-0.05, 0) is 148 Å². The maximum atomic E-state index is 6.17. The molecule has 180 valence electrons. The molecule has 4 aliphatic carbocycles. The predicted molar refractivity (Wildman–Crippen MR) is 139 cm³/mol. The Hall–Kier alpha value is 0.1000. The summed E-state index contributed by atoms with van der Waals surface area (Å²) in [5.74, 6) is 5.31. The van der Waals surface area contributed by atoms with Crippen LogP contribution in [-0.4, -0.2) is 24.4 Å². The van der Waals surface area contributed by atoms with E-state index in [2.05, 4.69) is 65.1 Å². The van der Waals surface area contributed by atoms with Crippen LogP contribution in [0.1, 0.15) is 92.9 Å². The Labute approximate surface area is 205 Å². The van der Waals surface area contributed by atoms with Crippen LogP contribution in [0.4, 0.5) is 0 Å². The van der Waals surface area contributed by atoms with Crippen LogP contribution in [0, 0.1) is 35.5 Å². The van der Waals surface area contributed by atoms with Gasteiger partial charge in [-0.15, -0.1) is 0 Å². The summed E-state index contributed by atoms with van der Waals surface area (Å²) in [7, 11) is 0. The zero-order chi connectivity index (χ0) is 22.7. The Morgan fingerprint density at radius 2 is 0.844 bits per heavy atom. The smallest absolute Gasteiger partial charge is 0.0598 e. The summed E-state index contributed by atoms with van der Waals surface area (Å²) in [6.07, 6.45) is 10.8. The van der Waals surface area contributed by atoms with Crippen LogP contribution in [0.15, 0.2) is 19.6 Å². The molecule has 6 atom stereocenters. The molecular weight excluding hydrogens is 432 g/mol. The minimum absolute atomic E-state index is 0.000364. The van der Waals surface area contributed by atoms with Gasteiger partial charge in [-0.3, -0.25) is 0 Å². The Balaban J connectivity index is 1.15. The number of thioether (sulfide) groups is 2. The molecule has 5 rings (SSSR count). The summed E-state index contributed by atoms with van der Waals surface area (Å²) < 4.78 is 12.3. The van der Waals surface area contributed by atoms with Gasteiger partial charge in [0.15, 0.2) is 0 Å². The van der Waals surface area contributed by atoms with E-state index in [-0.39, 0.29) is 11.2 Å². The summed E-state index contributed by atoms with van der Waals surface area (Å²) in [5, 5.41) is 0. The Morgan fingerprint density at radius 1 is 0.562 bits per heavy atom. The molecule has 0 saturated heterocycles. The minimum Gasteiger partial charge on any atom is -0.376 e. The van der Waals surface area contributed by atoms with Crippen molar-refractivity contribution in [1.82, 2.24) is 0 Å². The molecule has 0 amide bonds. The van der Waals surface area contributed by atoms with Crippen LogP contribution in [0.3, 0.4) is 0 Å². The van der Waals surface area contributed by atoms with Gasteiger partial charge in [0.1, 0.15) is 0 Å². The molecule has 32 heavy (non-hydrogen) atoms. The van der Waals surface area contributed by atoms with E-state index in [4.69, 9.17) is 9.47 Å². The number of fused-ring (bicyclic) bond motifs is 2. The highest BCUT2D eigenvalue weighted by molar-refractivity contribution is 8.13. The first-order chi connectivity index (χ1) is 15.1. The van der Waals surface area contributed by atoms with E-state index >= 15 is 0 Å². The fraction of sp³-hybridized carbons (Fsp3) is 0.857. The summed E-state index contributed by atoms with van der Waals surface area (Å²) in [6.45, 7) is 15.1. The molecule has 0 aromatic rings. The second kappa shape index (κ2) is 8.95. The standard InChI is InChI=1S/C28H44O2S2/c1-27(2,3)29-15-21-17-7-11-23-24(12-8-18(17)21)32-26-14-10-20-19(9-13-25(26)31-23)22(20)16-30-28(4,5)6/h17-22H,7-16H2,1-6H3/t17-,18+,19-,20+,21?,22?. The quantitative estimate of drug-likeness (QED) is 0.405. The molecule has 0 radical (unpaired) electrons. The largest absolute Gasteiger partial charge is 0.376 e. The van der Waals surface area contributed by atoms with E-state index in [9.17, 15) is 0 Å². The average Bonchev–Trinajstić information content (AvgIpc) is 3.54. The topological polar surface area (TPSA) is 18.5 Å². The van der Waals surface area contributed by atoms with Crippen molar-refractivity contribution in [2.75, 3.05) is 13.2 Å². The molecule has 0 spiro atoms. The highest BCUT2D eigenvalue weighted by Crippen LogP contribution is 2.62. The van der Waals surface area contributed by atoms with Crippen LogP contribution >= 0.6 is 23.5 Å². The molecule has 5 aliphatic rings. The number of ether oxygens (including phenoxy) is 2. The first-order valence-corrected chi connectivity index (χ1v) is 14.8. The minimum atomic E-state index is -0.000364. The highest BCUT2D eigenvalue weighted by atomic mass is 32.2. The van der Waals surface area contributed by atoms with Crippen molar-refractivity contribution in [2.45, 2.75) is 104 Å². The summed E-state index contributed by atoms with van der Waals surface area (Å²) >= 11 is 4.40. The Bertz CT molecular complexity index is 674. The van der Waals surface area contributed by atoms with E-state index in [1.807, 2.05) is 0 Å². The maximum Gasteiger partial charge on any atom is 0.0598 e. The lowest BCUT2D eigenvalue weighted by Crippen LogP contribution is -2.21. The lowest BCUT2D eigenvalue weighted by atomic mass is 10.1. The first kappa shape index (κ1) is 23.8. The second-order valence-corrected chi connectivity index (χ2v) is 15.3. The molecule has 0 aromatic heterocycles. The van der Waals surface area contributed by atoms with Crippen LogP contribution in [0.25, 0.3) is 0 Å². The highest BCUT2D eigenvalue weighted by Gasteiger charge is 2.51. The van der Waals surface area contributed by atoms with E-state index in [1.54, 1.807) is 19.6 Å². The zero-order valence-corrected chi connectivity index (χ0v) is 22.8. The van der Waals surface area contributed by atoms with E-state index in [0.29, 0.717) is 0 Å². The maximum absolute atomic E-state index is 6.17. The lowest BCUT2D eigenvalue weighted by Gasteiger charge is -2.27. The number of rotatable bonds is 4. The zero-order valence-electron chi connectivity index (χ0n) is 21.2. The van der Waals surface area contributed by atoms with Gasteiger partial charge >= 0.3 is 0 Å². The molecule has 4 heteroatoms. The van der Waals surface area contributed by atoms with E-state index in [0.717, 1.165) is 48.7 Å². The van der Waals surface area contributed by atoms with Gasteiger partial charge < -0.3 is 9.47 Å². The van der Waals surface area contributed by atoms with Crippen LogP contribution in [0.5, 0.6) is 0 Å². The van der Waals surface area contributed by atoms with Crippen molar-refractivity contribution in [1.29, 1.82) is 0 Å². The Kier molecular flexibility index (Phi) is 6.67. The SMILES string of the molecule is CC(C)(C)OCC1[C@H]2CCC3=C(CC[C@@H]12)SC1=C(CC[C@@H]2C(COC(C)(C)C)[C@@H]2CC1)S3. The van der Waals surface area contributed by atoms with Crippen molar-refractivity contribution in [2.24, 2.45) is 35.5 Å². The van der Waals surface area contributed by atoms with Crippen molar-refractivity contribution in [3.05, 3.63) is 19.6 Å². The number of hydrogen-bond acceptors (Lipinski definition) is 4. The van der Waals surface area contributed by atoms with Crippen molar-refractivity contribution in [3.8, 4) is 0 Å². The van der Waals surface area contributed by atoms with Crippen molar-refractivity contribution >= 4 is 23.5 Å². The molecular formula is C28H44O2S2. The third kappa shape index (κ3) is 5.50. The van der Waals surface area contributed by atoms with Gasteiger partial charge in [-0.2, -0.15) is 0 Å². The van der Waals surface area contributed by atoms with E-state index < -0.39 is 0 Å². The molecule has 2 nitrogen and oxygen atoms in total. The van der Waals surface area contributed by atoms with Gasteiger partial charge in [0.25, 0.3) is 0 Å². The molecule has 0 bridgehead atoms. The van der Waals surface area contributed by atoms with Gasteiger partial charge in [0.05, 0.1) is 24.4 Å². The molecule has 1 heterocycles. The number of hydrogen-bond donors (Lipinski definition) is 0. The van der Waals surface area contributed by atoms with Gasteiger partial charge in [0, 0.05) is 0 Å².